The highest BCUT2D eigenvalue weighted by Crippen LogP contribution is 2.31. The molecule has 0 radical (unpaired) electrons. The van der Waals surface area contributed by atoms with Gasteiger partial charge in [0.1, 0.15) is 10.9 Å². The van der Waals surface area contributed by atoms with E-state index < -0.39 is 5.82 Å². The monoisotopic (exact) mass is 317 g/mol. The lowest BCUT2D eigenvalue weighted by Gasteiger charge is -2.08. The molecule has 0 fully saturated rings. The van der Waals surface area contributed by atoms with Gasteiger partial charge in [-0.25, -0.2) is 9.37 Å². The first-order valence-corrected chi connectivity index (χ1v) is 6.98. The van der Waals surface area contributed by atoms with Crippen molar-refractivity contribution in [2.45, 2.75) is 0 Å². The van der Waals surface area contributed by atoms with Crippen LogP contribution in [0.2, 0.25) is 5.15 Å². The number of hydrogen-bond donors (Lipinski definition) is 0. The van der Waals surface area contributed by atoms with Crippen LogP contribution in [0.3, 0.4) is 0 Å². The second-order valence-corrected chi connectivity index (χ2v) is 5.09. The lowest BCUT2D eigenvalue weighted by Crippen LogP contribution is -1.91. The summed E-state index contributed by atoms with van der Waals surface area (Å²) in [5.74, 6) is 0.475. The van der Waals surface area contributed by atoms with Gasteiger partial charge in [0.2, 0.25) is 0 Å². The average molecular weight is 318 g/mol. The number of nitrogens with zero attached hydrogens (tertiary/aromatic N) is 1. The summed E-state index contributed by atoms with van der Waals surface area (Å²) in [4.78, 5) is 4.34. The molecule has 0 bridgehead atoms. The second kappa shape index (κ2) is 5.81. The number of ether oxygens (including phenoxy) is 2. The molecule has 0 saturated carbocycles. The summed E-state index contributed by atoms with van der Waals surface area (Å²) in [5.41, 5.74) is 1.22. The molecule has 0 spiro atoms. The average Bonchev–Trinajstić information content (AvgIpc) is 2.54. The second-order valence-electron chi connectivity index (χ2n) is 4.73. The molecule has 3 rings (SSSR count). The van der Waals surface area contributed by atoms with E-state index in [9.17, 15) is 4.39 Å². The molecule has 1 heterocycles. The molecular formula is C17H13ClFNO2. The summed E-state index contributed by atoms with van der Waals surface area (Å²) >= 11 is 6.24. The van der Waals surface area contributed by atoms with Gasteiger partial charge in [0.25, 0.3) is 0 Å². The number of fused-ring (bicyclic) bond motifs is 1. The third-order valence-electron chi connectivity index (χ3n) is 3.44. The minimum Gasteiger partial charge on any atom is -0.497 e. The smallest absolute Gasteiger partial charge is 0.165 e. The fourth-order valence-electron chi connectivity index (χ4n) is 2.29. The van der Waals surface area contributed by atoms with E-state index in [0.717, 1.165) is 16.5 Å². The van der Waals surface area contributed by atoms with Crippen LogP contribution < -0.4 is 9.47 Å². The summed E-state index contributed by atoms with van der Waals surface area (Å²) in [5, 5.41) is 2.07. The van der Waals surface area contributed by atoms with Crippen LogP contribution in [0, 0.1) is 5.82 Å². The number of pyridine rings is 1. The standard InChI is InChI=1S/C17H13ClFNO2/c1-21-12-4-5-13-11(7-12)9-15(20-17(13)18)10-3-6-16(22-2)14(19)8-10/h3-9H,1-2H3. The maximum absolute atomic E-state index is 13.9. The fraction of sp³-hybridized carbons (Fsp3) is 0.118. The van der Waals surface area contributed by atoms with Gasteiger partial charge < -0.3 is 9.47 Å². The van der Waals surface area contributed by atoms with Crippen molar-refractivity contribution < 1.29 is 13.9 Å². The van der Waals surface area contributed by atoms with E-state index in [1.165, 1.54) is 13.2 Å². The Labute approximate surface area is 132 Å². The van der Waals surface area contributed by atoms with Crippen molar-refractivity contribution in [2.75, 3.05) is 14.2 Å². The van der Waals surface area contributed by atoms with Crippen LogP contribution in [0.4, 0.5) is 4.39 Å². The van der Waals surface area contributed by atoms with E-state index in [-0.39, 0.29) is 5.75 Å². The van der Waals surface area contributed by atoms with Crippen LogP contribution in [0.5, 0.6) is 11.5 Å². The zero-order valence-electron chi connectivity index (χ0n) is 12.1. The number of halogens is 2. The Kier molecular flexibility index (Phi) is 3.86. The van der Waals surface area contributed by atoms with Crippen molar-refractivity contribution in [1.82, 2.24) is 4.98 Å². The van der Waals surface area contributed by atoms with Gasteiger partial charge in [0, 0.05) is 10.9 Å². The maximum atomic E-state index is 13.9. The van der Waals surface area contributed by atoms with Gasteiger partial charge in [-0.05, 0) is 47.9 Å². The number of aromatic nitrogens is 1. The van der Waals surface area contributed by atoms with Crippen molar-refractivity contribution >= 4 is 22.4 Å². The van der Waals surface area contributed by atoms with E-state index >= 15 is 0 Å². The first kappa shape index (κ1) is 14.6. The van der Waals surface area contributed by atoms with E-state index in [2.05, 4.69) is 4.98 Å². The molecule has 0 amide bonds. The SMILES string of the molecule is COc1ccc2c(Cl)nc(-c3ccc(OC)c(F)c3)cc2c1. The Morgan fingerprint density at radius 1 is 1.00 bits per heavy atom. The Bertz CT molecular complexity index is 851. The van der Waals surface area contributed by atoms with Crippen LogP contribution >= 0.6 is 11.6 Å². The predicted octanol–water partition coefficient (Wildman–Crippen LogP) is 4.71. The third kappa shape index (κ3) is 2.57. The van der Waals surface area contributed by atoms with Gasteiger partial charge in [-0.3, -0.25) is 0 Å². The highest BCUT2D eigenvalue weighted by molar-refractivity contribution is 6.34. The molecule has 0 N–H and O–H groups in total. The van der Waals surface area contributed by atoms with E-state index in [1.54, 1.807) is 19.2 Å². The van der Waals surface area contributed by atoms with Crippen molar-refractivity contribution in [3.05, 3.63) is 53.4 Å². The summed E-state index contributed by atoms with van der Waals surface area (Å²) in [7, 11) is 3.03. The highest BCUT2D eigenvalue weighted by Gasteiger charge is 2.10. The predicted molar refractivity (Wildman–Crippen MR) is 85.3 cm³/mol. The van der Waals surface area contributed by atoms with Gasteiger partial charge in [-0.15, -0.1) is 0 Å². The topological polar surface area (TPSA) is 31.4 Å². The molecule has 22 heavy (non-hydrogen) atoms. The maximum Gasteiger partial charge on any atom is 0.165 e. The number of methoxy groups -OCH3 is 2. The Morgan fingerprint density at radius 2 is 1.82 bits per heavy atom. The minimum absolute atomic E-state index is 0.192. The molecule has 3 nitrogen and oxygen atoms in total. The van der Waals surface area contributed by atoms with Gasteiger partial charge in [-0.1, -0.05) is 11.6 Å². The molecule has 112 valence electrons. The van der Waals surface area contributed by atoms with Crippen LogP contribution in [-0.2, 0) is 0 Å². The number of hydrogen-bond acceptors (Lipinski definition) is 3. The molecule has 5 heteroatoms. The largest absolute Gasteiger partial charge is 0.497 e. The zero-order valence-corrected chi connectivity index (χ0v) is 12.8. The summed E-state index contributed by atoms with van der Waals surface area (Å²) in [6.45, 7) is 0. The van der Waals surface area contributed by atoms with Crippen molar-refractivity contribution in [3.63, 3.8) is 0 Å². The molecule has 0 saturated heterocycles. The lowest BCUT2D eigenvalue weighted by atomic mass is 10.1. The van der Waals surface area contributed by atoms with Crippen molar-refractivity contribution in [1.29, 1.82) is 0 Å². The number of rotatable bonds is 3. The minimum atomic E-state index is -0.441. The van der Waals surface area contributed by atoms with Crippen LogP contribution in [0.1, 0.15) is 0 Å². The van der Waals surface area contributed by atoms with Crippen LogP contribution in [0.15, 0.2) is 42.5 Å². The Morgan fingerprint density at radius 3 is 2.50 bits per heavy atom. The highest BCUT2D eigenvalue weighted by atomic mass is 35.5. The van der Waals surface area contributed by atoms with E-state index in [1.807, 2.05) is 24.3 Å². The van der Waals surface area contributed by atoms with Crippen LogP contribution in [0.25, 0.3) is 22.0 Å². The molecular weight excluding hydrogens is 305 g/mol. The molecule has 0 aliphatic carbocycles. The van der Waals surface area contributed by atoms with E-state index in [0.29, 0.717) is 16.4 Å². The molecule has 2 aromatic carbocycles. The molecule has 0 unspecified atom stereocenters. The number of benzene rings is 2. The molecule has 0 aliphatic heterocycles. The van der Waals surface area contributed by atoms with Crippen molar-refractivity contribution in [2.24, 2.45) is 0 Å². The zero-order chi connectivity index (χ0) is 15.7. The summed E-state index contributed by atoms with van der Waals surface area (Å²) in [6.07, 6.45) is 0. The first-order chi connectivity index (χ1) is 10.6. The molecule has 0 aliphatic rings. The Balaban J connectivity index is 2.16. The quantitative estimate of drug-likeness (QED) is 0.655. The van der Waals surface area contributed by atoms with Gasteiger partial charge in [0.05, 0.1) is 19.9 Å². The lowest BCUT2D eigenvalue weighted by molar-refractivity contribution is 0.386. The fourth-order valence-corrected chi connectivity index (χ4v) is 2.56. The van der Waals surface area contributed by atoms with Gasteiger partial charge in [0.15, 0.2) is 11.6 Å². The molecule has 0 atom stereocenters. The van der Waals surface area contributed by atoms with Crippen molar-refractivity contribution in [3.8, 4) is 22.8 Å². The molecule has 3 aromatic rings. The van der Waals surface area contributed by atoms with Crippen LogP contribution in [-0.4, -0.2) is 19.2 Å². The van der Waals surface area contributed by atoms with Gasteiger partial charge in [-0.2, -0.15) is 0 Å². The third-order valence-corrected chi connectivity index (χ3v) is 3.73. The Hall–Kier alpha value is -2.33. The van der Waals surface area contributed by atoms with Gasteiger partial charge >= 0.3 is 0 Å². The first-order valence-electron chi connectivity index (χ1n) is 6.60. The summed E-state index contributed by atoms with van der Waals surface area (Å²) in [6, 6.07) is 12.1. The molecule has 1 aromatic heterocycles. The normalized spacial score (nSPS) is 10.7. The van der Waals surface area contributed by atoms with E-state index in [4.69, 9.17) is 21.1 Å². The summed E-state index contributed by atoms with van der Waals surface area (Å²) < 4.78 is 24.0.